The number of hydrogen-bond donors (Lipinski definition) is 1. The molecule has 152 valence electrons. The van der Waals surface area contributed by atoms with E-state index in [0.717, 1.165) is 12.8 Å². The van der Waals surface area contributed by atoms with Crippen molar-refractivity contribution in [2.75, 3.05) is 13.1 Å². The summed E-state index contributed by atoms with van der Waals surface area (Å²) >= 11 is 0. The average molecular weight is 380 g/mol. The number of amides is 2. The molecule has 1 aliphatic heterocycles. The fourth-order valence-electron chi connectivity index (χ4n) is 3.13. The van der Waals surface area contributed by atoms with Crippen LogP contribution in [-0.4, -0.2) is 56.6 Å². The lowest BCUT2D eigenvalue weighted by Crippen LogP contribution is -2.44. The van der Waals surface area contributed by atoms with Crippen LogP contribution >= 0.6 is 0 Å². The summed E-state index contributed by atoms with van der Waals surface area (Å²) in [5.41, 5.74) is -0.482. The predicted octanol–water partition coefficient (Wildman–Crippen LogP) is 2.46. The first-order chi connectivity index (χ1) is 12.6. The van der Waals surface area contributed by atoms with Crippen LogP contribution in [0.4, 0.5) is 4.79 Å². The summed E-state index contributed by atoms with van der Waals surface area (Å²) in [6.45, 7) is 11.7. The zero-order valence-electron chi connectivity index (χ0n) is 17.1. The van der Waals surface area contributed by atoms with Crippen molar-refractivity contribution in [1.82, 2.24) is 25.2 Å². The highest BCUT2D eigenvalue weighted by Gasteiger charge is 2.28. The molecule has 1 N–H and O–H groups in total. The Bertz CT molecular complexity index is 601. The van der Waals surface area contributed by atoms with Gasteiger partial charge in [0.1, 0.15) is 5.60 Å². The lowest BCUT2D eigenvalue weighted by atomic mass is 9.93. The van der Waals surface area contributed by atoms with E-state index in [2.05, 4.69) is 29.5 Å². The number of aromatic nitrogens is 3. The quantitative estimate of drug-likeness (QED) is 0.820. The topological polar surface area (TPSA) is 89.4 Å². The molecule has 2 heterocycles. The summed E-state index contributed by atoms with van der Waals surface area (Å²) in [6.07, 6.45) is 5.30. The van der Waals surface area contributed by atoms with Crippen LogP contribution in [0.15, 0.2) is 12.4 Å². The van der Waals surface area contributed by atoms with E-state index in [-0.39, 0.29) is 18.0 Å². The third kappa shape index (κ3) is 7.19. The second kappa shape index (κ2) is 9.19. The molecule has 0 spiro atoms. The van der Waals surface area contributed by atoms with Gasteiger partial charge in [0, 0.05) is 25.7 Å². The van der Waals surface area contributed by atoms with Crippen LogP contribution in [0.1, 0.15) is 53.9 Å². The van der Waals surface area contributed by atoms with Gasteiger partial charge in [0.25, 0.3) is 0 Å². The van der Waals surface area contributed by atoms with E-state index in [1.165, 1.54) is 0 Å². The van der Waals surface area contributed by atoms with Crippen LogP contribution in [-0.2, 0) is 16.1 Å². The number of nitrogens with one attached hydrogen (secondary N) is 1. The number of rotatable bonds is 6. The molecule has 0 aromatic carbocycles. The zero-order chi connectivity index (χ0) is 20.0. The smallest absolute Gasteiger partial charge is 0.410 e. The minimum Gasteiger partial charge on any atom is -0.444 e. The summed E-state index contributed by atoms with van der Waals surface area (Å²) in [5, 5.41) is 10.9. The lowest BCUT2D eigenvalue weighted by molar-refractivity contribution is -0.123. The summed E-state index contributed by atoms with van der Waals surface area (Å²) < 4.78 is 7.16. The third-order valence-electron chi connectivity index (χ3n) is 4.75. The zero-order valence-corrected chi connectivity index (χ0v) is 17.1. The molecule has 0 bridgehead atoms. The average Bonchev–Trinajstić information content (AvgIpc) is 3.06. The molecule has 27 heavy (non-hydrogen) atoms. The first-order valence-electron chi connectivity index (χ1n) is 9.75. The van der Waals surface area contributed by atoms with Crippen molar-refractivity contribution in [2.45, 2.75) is 72.1 Å². The van der Waals surface area contributed by atoms with E-state index in [1.807, 2.05) is 20.8 Å². The van der Waals surface area contributed by atoms with E-state index in [9.17, 15) is 9.59 Å². The maximum Gasteiger partial charge on any atom is 0.410 e. The Balaban J connectivity index is 1.77. The second-order valence-electron chi connectivity index (χ2n) is 8.66. The van der Waals surface area contributed by atoms with E-state index >= 15 is 0 Å². The summed E-state index contributed by atoms with van der Waals surface area (Å²) in [7, 11) is 0. The highest BCUT2D eigenvalue weighted by Crippen LogP contribution is 2.22. The summed E-state index contributed by atoms with van der Waals surface area (Å²) in [6, 6.07) is 0.0149. The van der Waals surface area contributed by atoms with Crippen LogP contribution in [0.2, 0.25) is 0 Å². The molecule has 1 aromatic heterocycles. The molecule has 0 aliphatic carbocycles. The number of carbonyl (C=O) groups is 2. The van der Waals surface area contributed by atoms with Crippen molar-refractivity contribution in [3.05, 3.63) is 12.4 Å². The van der Waals surface area contributed by atoms with Gasteiger partial charge in [-0.25, -0.2) is 4.79 Å². The Hall–Kier alpha value is -2.12. The van der Waals surface area contributed by atoms with Gasteiger partial charge in [0.15, 0.2) is 0 Å². The molecule has 1 atom stereocenters. The van der Waals surface area contributed by atoms with Crippen LogP contribution in [0.25, 0.3) is 0 Å². The Morgan fingerprint density at radius 3 is 2.44 bits per heavy atom. The standard InChI is InChI=1S/C19H33N5O3/c1-14(2)16(13-24-11-8-20-22-24)21-17(25)12-15-6-9-23(10-7-15)18(26)27-19(3,4)5/h8,11,14-16H,6-7,9-10,12-13H2,1-5H3,(H,21,25). The monoisotopic (exact) mass is 379 g/mol. The van der Waals surface area contributed by atoms with Gasteiger partial charge in [0.2, 0.25) is 5.91 Å². The van der Waals surface area contributed by atoms with Gasteiger partial charge >= 0.3 is 6.09 Å². The Kier molecular flexibility index (Phi) is 7.21. The number of carbonyl (C=O) groups excluding carboxylic acids is 2. The van der Waals surface area contributed by atoms with Crippen molar-refractivity contribution in [1.29, 1.82) is 0 Å². The number of piperidine rings is 1. The highest BCUT2D eigenvalue weighted by molar-refractivity contribution is 5.76. The number of hydrogen-bond acceptors (Lipinski definition) is 5. The van der Waals surface area contributed by atoms with Crippen LogP contribution in [0.5, 0.6) is 0 Å². The molecular weight excluding hydrogens is 346 g/mol. The fourth-order valence-corrected chi connectivity index (χ4v) is 3.13. The largest absolute Gasteiger partial charge is 0.444 e. The molecule has 1 fully saturated rings. The van der Waals surface area contributed by atoms with Crippen molar-refractivity contribution in [2.24, 2.45) is 11.8 Å². The van der Waals surface area contributed by atoms with Gasteiger partial charge in [-0.2, -0.15) is 0 Å². The van der Waals surface area contributed by atoms with Gasteiger partial charge in [-0.1, -0.05) is 19.1 Å². The summed E-state index contributed by atoms with van der Waals surface area (Å²) in [5.74, 6) is 0.652. The van der Waals surface area contributed by atoms with Gasteiger partial charge in [-0.3, -0.25) is 9.48 Å². The number of likely N-dealkylation sites (tertiary alicyclic amines) is 1. The molecular formula is C19H33N5O3. The van der Waals surface area contributed by atoms with Crippen molar-refractivity contribution < 1.29 is 14.3 Å². The van der Waals surface area contributed by atoms with Gasteiger partial charge < -0.3 is 15.0 Å². The minimum atomic E-state index is -0.482. The van der Waals surface area contributed by atoms with Crippen LogP contribution < -0.4 is 5.32 Å². The van der Waals surface area contributed by atoms with E-state index in [0.29, 0.717) is 37.9 Å². The van der Waals surface area contributed by atoms with Crippen molar-refractivity contribution in [3.63, 3.8) is 0 Å². The first kappa shape index (κ1) is 21.2. The SMILES string of the molecule is CC(C)C(Cn1ccnn1)NC(=O)CC1CCN(C(=O)OC(C)(C)C)CC1. The first-order valence-corrected chi connectivity index (χ1v) is 9.75. The maximum absolute atomic E-state index is 12.5. The van der Waals surface area contributed by atoms with Gasteiger partial charge in [-0.05, 0) is 45.4 Å². The van der Waals surface area contributed by atoms with Crippen LogP contribution in [0.3, 0.4) is 0 Å². The van der Waals surface area contributed by atoms with E-state index < -0.39 is 5.60 Å². The lowest BCUT2D eigenvalue weighted by Gasteiger charge is -2.33. The third-order valence-corrected chi connectivity index (χ3v) is 4.75. The number of nitrogens with zero attached hydrogens (tertiary/aromatic N) is 4. The van der Waals surface area contributed by atoms with Crippen molar-refractivity contribution >= 4 is 12.0 Å². The minimum absolute atomic E-state index is 0.0149. The molecule has 8 heteroatoms. The molecule has 1 aliphatic rings. The van der Waals surface area contributed by atoms with E-state index in [1.54, 1.807) is 22.0 Å². The summed E-state index contributed by atoms with van der Waals surface area (Å²) in [4.78, 5) is 26.4. The maximum atomic E-state index is 12.5. The van der Waals surface area contributed by atoms with Crippen molar-refractivity contribution in [3.8, 4) is 0 Å². The van der Waals surface area contributed by atoms with Gasteiger partial charge in [0.05, 0.1) is 18.8 Å². The molecule has 8 nitrogen and oxygen atoms in total. The molecule has 0 saturated carbocycles. The molecule has 1 aromatic rings. The molecule has 1 unspecified atom stereocenters. The predicted molar refractivity (Wildman–Crippen MR) is 102 cm³/mol. The number of ether oxygens (including phenoxy) is 1. The van der Waals surface area contributed by atoms with E-state index in [4.69, 9.17) is 4.74 Å². The second-order valence-corrected chi connectivity index (χ2v) is 8.66. The molecule has 2 rings (SSSR count). The fraction of sp³-hybridized carbons (Fsp3) is 0.789. The Morgan fingerprint density at radius 2 is 1.93 bits per heavy atom. The normalized spacial score (nSPS) is 17.0. The Morgan fingerprint density at radius 1 is 1.26 bits per heavy atom. The van der Waals surface area contributed by atoms with Crippen LogP contribution in [0, 0.1) is 11.8 Å². The molecule has 1 saturated heterocycles. The highest BCUT2D eigenvalue weighted by atomic mass is 16.6. The Labute approximate surface area is 161 Å². The van der Waals surface area contributed by atoms with Gasteiger partial charge in [-0.15, -0.1) is 5.10 Å². The molecule has 2 amide bonds. The molecule has 0 radical (unpaired) electrons.